The monoisotopic (exact) mass is 316 g/mol. The predicted molar refractivity (Wildman–Crippen MR) is 72.6 cm³/mol. The summed E-state index contributed by atoms with van der Waals surface area (Å²) < 4.78 is 1.48. The zero-order valence-electron chi connectivity index (χ0n) is 10.3. The second-order valence-electron chi connectivity index (χ2n) is 3.79. The van der Waals surface area contributed by atoms with E-state index in [0.717, 1.165) is 18.2 Å². The first-order valence-corrected chi connectivity index (χ1v) is 6.86. The Labute approximate surface area is 114 Å². The van der Waals surface area contributed by atoms with Crippen LogP contribution in [0.1, 0.15) is 19.3 Å². The van der Waals surface area contributed by atoms with E-state index in [-0.39, 0.29) is 18.4 Å². The maximum absolute atomic E-state index is 11.5. The topological polar surface area (TPSA) is 76.0 Å². The Morgan fingerprint density at radius 2 is 2.17 bits per heavy atom. The average molecular weight is 317 g/mol. The molecule has 18 heavy (non-hydrogen) atoms. The summed E-state index contributed by atoms with van der Waals surface area (Å²) in [5.41, 5.74) is 0.614. The molecule has 0 aliphatic heterocycles. The van der Waals surface area contributed by atoms with E-state index in [4.69, 9.17) is 0 Å². The molecule has 0 aliphatic rings. The third-order valence-electron chi connectivity index (χ3n) is 2.29. The van der Waals surface area contributed by atoms with Crippen LogP contribution in [-0.2, 0) is 16.1 Å². The number of hydrogen-bond acceptors (Lipinski definition) is 3. The van der Waals surface area contributed by atoms with Gasteiger partial charge in [-0.05, 0) is 12.8 Å². The zero-order valence-corrected chi connectivity index (χ0v) is 11.9. The Hall–Kier alpha value is -1.37. The molecule has 0 atom stereocenters. The van der Waals surface area contributed by atoms with Crippen LogP contribution in [0.2, 0.25) is 0 Å². The fourth-order valence-electron chi connectivity index (χ4n) is 1.34. The lowest BCUT2D eigenvalue weighted by Gasteiger charge is -2.01. The predicted octanol–water partition coefficient (Wildman–Crippen LogP) is 1.13. The van der Waals surface area contributed by atoms with E-state index < -0.39 is 0 Å². The van der Waals surface area contributed by atoms with Crippen molar-refractivity contribution >= 4 is 33.4 Å². The summed E-state index contributed by atoms with van der Waals surface area (Å²) >= 11 is 3.32. The van der Waals surface area contributed by atoms with Gasteiger partial charge in [-0.3, -0.25) is 14.3 Å². The molecular weight excluding hydrogens is 300 g/mol. The van der Waals surface area contributed by atoms with Crippen LogP contribution in [0.15, 0.2) is 12.4 Å². The molecule has 2 amide bonds. The lowest BCUT2D eigenvalue weighted by molar-refractivity contribution is -0.121. The Balaban J connectivity index is 2.38. The number of nitrogens with one attached hydrogen (secondary N) is 2. The summed E-state index contributed by atoms with van der Waals surface area (Å²) in [6, 6.07) is 0. The van der Waals surface area contributed by atoms with Gasteiger partial charge in [-0.25, -0.2) is 0 Å². The van der Waals surface area contributed by atoms with Gasteiger partial charge < -0.3 is 10.6 Å². The molecule has 2 N–H and O–H groups in total. The number of likely N-dealkylation sites (N-methyl/N-ethyl adjacent to an activating group) is 1. The molecule has 7 heteroatoms. The molecule has 0 saturated heterocycles. The van der Waals surface area contributed by atoms with Crippen molar-refractivity contribution in [3.8, 4) is 0 Å². The van der Waals surface area contributed by atoms with Crippen LogP contribution >= 0.6 is 15.9 Å². The Morgan fingerprint density at radius 3 is 2.83 bits per heavy atom. The van der Waals surface area contributed by atoms with E-state index in [1.807, 2.05) is 0 Å². The average Bonchev–Trinajstić information content (AvgIpc) is 2.76. The number of alkyl halides is 1. The van der Waals surface area contributed by atoms with E-state index >= 15 is 0 Å². The molecule has 0 fully saturated rings. The number of halogens is 1. The van der Waals surface area contributed by atoms with Crippen molar-refractivity contribution in [3.05, 3.63) is 12.4 Å². The van der Waals surface area contributed by atoms with Gasteiger partial charge in [0, 0.05) is 25.0 Å². The lowest BCUT2D eigenvalue weighted by atomic mass is 10.2. The molecule has 100 valence electrons. The fraction of sp³-hybridized carbons (Fsp3) is 0.545. The number of nitrogens with zero attached hydrogens (tertiary/aromatic N) is 2. The van der Waals surface area contributed by atoms with Crippen LogP contribution in [0.4, 0.5) is 5.69 Å². The molecule has 6 nitrogen and oxygen atoms in total. The van der Waals surface area contributed by atoms with Crippen LogP contribution in [0.5, 0.6) is 0 Å². The number of unbranched alkanes of at least 4 members (excludes halogenated alkanes) is 1. The molecule has 0 radical (unpaired) electrons. The van der Waals surface area contributed by atoms with Gasteiger partial charge >= 0.3 is 0 Å². The maximum atomic E-state index is 11.5. The zero-order chi connectivity index (χ0) is 13.4. The number of anilines is 1. The summed E-state index contributed by atoms with van der Waals surface area (Å²) in [6.45, 7) is 0.149. The number of hydrogen-bond donors (Lipinski definition) is 2. The van der Waals surface area contributed by atoms with Crippen LogP contribution in [-0.4, -0.2) is 34.0 Å². The summed E-state index contributed by atoms with van der Waals surface area (Å²) in [6.07, 6.45) is 5.49. The first kappa shape index (κ1) is 14.7. The molecule has 0 unspecified atom stereocenters. The fourth-order valence-corrected chi connectivity index (χ4v) is 1.74. The van der Waals surface area contributed by atoms with Gasteiger partial charge in [0.05, 0.1) is 11.9 Å². The number of rotatable bonds is 7. The van der Waals surface area contributed by atoms with E-state index in [1.54, 1.807) is 13.2 Å². The lowest BCUT2D eigenvalue weighted by Crippen LogP contribution is -2.23. The summed E-state index contributed by atoms with van der Waals surface area (Å²) in [4.78, 5) is 22.7. The van der Waals surface area contributed by atoms with Crippen molar-refractivity contribution in [2.24, 2.45) is 0 Å². The minimum atomic E-state index is -0.131. The van der Waals surface area contributed by atoms with Crippen molar-refractivity contribution < 1.29 is 9.59 Å². The first-order valence-electron chi connectivity index (χ1n) is 5.74. The Morgan fingerprint density at radius 1 is 1.39 bits per heavy atom. The molecule has 0 aliphatic carbocycles. The van der Waals surface area contributed by atoms with Crippen molar-refractivity contribution in [1.29, 1.82) is 0 Å². The highest BCUT2D eigenvalue weighted by Crippen LogP contribution is 2.07. The summed E-state index contributed by atoms with van der Waals surface area (Å²) in [5, 5.41) is 10.1. The van der Waals surface area contributed by atoms with E-state index in [2.05, 4.69) is 31.7 Å². The van der Waals surface area contributed by atoms with Crippen LogP contribution < -0.4 is 10.6 Å². The number of amides is 2. The van der Waals surface area contributed by atoms with E-state index in [9.17, 15) is 9.59 Å². The van der Waals surface area contributed by atoms with Gasteiger partial charge in [0.1, 0.15) is 6.54 Å². The minimum absolute atomic E-state index is 0.0320. The third kappa shape index (κ3) is 5.31. The smallest absolute Gasteiger partial charge is 0.241 e. The quantitative estimate of drug-likeness (QED) is 0.585. The van der Waals surface area contributed by atoms with Gasteiger partial charge in [0.25, 0.3) is 0 Å². The molecule has 0 aromatic carbocycles. The van der Waals surface area contributed by atoms with Crippen LogP contribution in [0.3, 0.4) is 0 Å². The molecule has 0 spiro atoms. The van der Waals surface area contributed by atoms with Gasteiger partial charge in [0.15, 0.2) is 0 Å². The van der Waals surface area contributed by atoms with Crippen molar-refractivity contribution in [2.45, 2.75) is 25.8 Å². The van der Waals surface area contributed by atoms with Crippen LogP contribution in [0.25, 0.3) is 0 Å². The van der Waals surface area contributed by atoms with Crippen molar-refractivity contribution in [1.82, 2.24) is 15.1 Å². The SMILES string of the molecule is CNC(=O)Cn1cc(NC(=O)CCCCBr)cn1. The first-order chi connectivity index (χ1) is 8.65. The van der Waals surface area contributed by atoms with Gasteiger partial charge in [-0.15, -0.1) is 0 Å². The second kappa shape index (κ2) is 7.86. The molecule has 0 bridgehead atoms. The van der Waals surface area contributed by atoms with Gasteiger partial charge in [-0.2, -0.15) is 5.10 Å². The largest absolute Gasteiger partial charge is 0.358 e. The summed E-state index contributed by atoms with van der Waals surface area (Å²) in [5.74, 6) is -0.163. The van der Waals surface area contributed by atoms with E-state index in [0.29, 0.717) is 12.1 Å². The molecule has 1 rings (SSSR count). The highest BCUT2D eigenvalue weighted by Gasteiger charge is 2.06. The number of aromatic nitrogens is 2. The van der Waals surface area contributed by atoms with Crippen LogP contribution in [0, 0.1) is 0 Å². The highest BCUT2D eigenvalue weighted by atomic mass is 79.9. The normalized spacial score (nSPS) is 10.1. The Kier molecular flexibility index (Phi) is 6.42. The molecule has 0 saturated carbocycles. The van der Waals surface area contributed by atoms with Gasteiger partial charge in [-0.1, -0.05) is 15.9 Å². The molecule has 1 aromatic heterocycles. The van der Waals surface area contributed by atoms with Crippen molar-refractivity contribution in [3.63, 3.8) is 0 Å². The van der Waals surface area contributed by atoms with Crippen molar-refractivity contribution in [2.75, 3.05) is 17.7 Å². The minimum Gasteiger partial charge on any atom is -0.358 e. The number of carbonyl (C=O) groups excluding carboxylic acids is 2. The molecular formula is C11H17BrN4O2. The highest BCUT2D eigenvalue weighted by molar-refractivity contribution is 9.09. The number of carbonyl (C=O) groups is 2. The molecule has 1 heterocycles. The molecule has 1 aromatic rings. The van der Waals surface area contributed by atoms with E-state index in [1.165, 1.54) is 10.9 Å². The third-order valence-corrected chi connectivity index (χ3v) is 2.85. The Bertz CT molecular complexity index is 406. The van der Waals surface area contributed by atoms with Gasteiger partial charge in [0.2, 0.25) is 11.8 Å². The maximum Gasteiger partial charge on any atom is 0.241 e. The summed E-state index contributed by atoms with van der Waals surface area (Å²) in [7, 11) is 1.57. The standard InChI is InChI=1S/C11H17BrN4O2/c1-13-11(18)8-16-7-9(6-14-16)15-10(17)4-2-3-5-12/h6-7H,2-5,8H2,1H3,(H,13,18)(H,15,17). The second-order valence-corrected chi connectivity index (χ2v) is 4.59.